The molecule has 0 bridgehead atoms. The Kier molecular flexibility index (Phi) is 5.50. The lowest BCUT2D eigenvalue weighted by molar-refractivity contribution is 0.255. The molecule has 3 aromatic rings. The zero-order valence-electron chi connectivity index (χ0n) is 16.3. The summed E-state index contributed by atoms with van der Waals surface area (Å²) in [6.07, 6.45) is 4.26. The summed E-state index contributed by atoms with van der Waals surface area (Å²) in [6, 6.07) is 16.9. The van der Waals surface area contributed by atoms with Gasteiger partial charge in [-0.3, -0.25) is 4.90 Å². The van der Waals surface area contributed by atoms with Gasteiger partial charge in [0.1, 0.15) is 17.4 Å². The van der Waals surface area contributed by atoms with Crippen molar-refractivity contribution < 1.29 is 4.74 Å². The van der Waals surface area contributed by atoms with Crippen LogP contribution in [-0.4, -0.2) is 49.7 Å². The van der Waals surface area contributed by atoms with E-state index in [9.17, 15) is 5.26 Å². The third-order valence-electron chi connectivity index (χ3n) is 5.61. The number of anilines is 1. The highest BCUT2D eigenvalue weighted by Gasteiger charge is 2.20. The number of nitrogens with zero attached hydrogens (tertiary/aromatic N) is 3. The molecule has 0 radical (unpaired) electrons. The number of nitrogens with one attached hydrogen (secondary N) is 1. The number of ether oxygens (including phenoxy) is 1. The van der Waals surface area contributed by atoms with Gasteiger partial charge in [0.15, 0.2) is 0 Å². The van der Waals surface area contributed by atoms with Crippen LogP contribution in [0, 0.1) is 11.3 Å². The molecule has 2 aromatic carbocycles. The molecule has 5 nitrogen and oxygen atoms in total. The number of benzene rings is 2. The van der Waals surface area contributed by atoms with E-state index in [1.807, 2.05) is 24.4 Å². The number of H-pyrrole nitrogens is 1. The number of hydrogen-bond acceptors (Lipinski definition) is 4. The average molecular weight is 374 g/mol. The van der Waals surface area contributed by atoms with Crippen LogP contribution in [0.4, 0.5) is 5.69 Å². The minimum atomic E-state index is 0.637. The van der Waals surface area contributed by atoms with Gasteiger partial charge in [-0.25, -0.2) is 0 Å². The highest BCUT2D eigenvalue weighted by molar-refractivity contribution is 5.79. The van der Waals surface area contributed by atoms with Gasteiger partial charge in [-0.15, -0.1) is 0 Å². The van der Waals surface area contributed by atoms with Crippen molar-refractivity contribution in [3.63, 3.8) is 0 Å². The molecule has 28 heavy (non-hydrogen) atoms. The van der Waals surface area contributed by atoms with Crippen LogP contribution in [0.25, 0.3) is 10.9 Å². The number of aromatic nitrogens is 1. The summed E-state index contributed by atoms with van der Waals surface area (Å²) in [7, 11) is 1.62. The van der Waals surface area contributed by atoms with Gasteiger partial charge in [0.05, 0.1) is 12.8 Å². The summed E-state index contributed by atoms with van der Waals surface area (Å²) in [5.74, 6) is 0.654. The molecule has 1 aliphatic rings. The summed E-state index contributed by atoms with van der Waals surface area (Å²) in [5, 5.41) is 10.8. The number of aryl methyl sites for hydroxylation is 1. The van der Waals surface area contributed by atoms with Crippen molar-refractivity contribution in [2.75, 3.05) is 44.7 Å². The Balaban J connectivity index is 1.29. The van der Waals surface area contributed by atoms with Gasteiger partial charge in [0.25, 0.3) is 0 Å². The lowest BCUT2D eigenvalue weighted by Gasteiger charge is -2.36. The molecule has 0 spiro atoms. The topological polar surface area (TPSA) is 55.3 Å². The smallest absolute Gasteiger partial charge is 0.138 e. The second-order valence-corrected chi connectivity index (χ2v) is 7.30. The summed E-state index contributed by atoms with van der Waals surface area (Å²) in [4.78, 5) is 8.12. The monoisotopic (exact) mass is 374 g/mol. The Hall–Kier alpha value is -2.97. The largest absolute Gasteiger partial charge is 0.495 e. The Morgan fingerprint density at radius 1 is 1.11 bits per heavy atom. The maximum absolute atomic E-state index is 9.52. The Morgan fingerprint density at radius 3 is 2.75 bits per heavy atom. The predicted octanol–water partition coefficient (Wildman–Crippen LogP) is 3.80. The maximum Gasteiger partial charge on any atom is 0.138 e. The van der Waals surface area contributed by atoms with Gasteiger partial charge in [-0.1, -0.05) is 18.2 Å². The second-order valence-electron chi connectivity index (χ2n) is 7.30. The Bertz CT molecular complexity index is 980. The standard InChI is InChI=1S/C23H26N4O/c1-28-23-6-2-5-22(20(23)17-24)27-14-12-26(13-15-27)11-3-4-18-7-8-19-9-10-25-21(19)16-18/h2,5-10,16,25H,3-4,11-15H2,1H3. The van der Waals surface area contributed by atoms with Crippen LogP contribution in [-0.2, 0) is 6.42 Å². The normalized spacial score (nSPS) is 14.9. The minimum Gasteiger partial charge on any atom is -0.495 e. The lowest BCUT2D eigenvalue weighted by Crippen LogP contribution is -2.47. The lowest BCUT2D eigenvalue weighted by atomic mass is 10.1. The first-order chi connectivity index (χ1) is 13.8. The predicted molar refractivity (Wildman–Crippen MR) is 113 cm³/mol. The fraction of sp³-hybridized carbons (Fsp3) is 0.348. The Morgan fingerprint density at radius 2 is 1.96 bits per heavy atom. The molecule has 0 unspecified atom stereocenters. The van der Waals surface area contributed by atoms with E-state index in [4.69, 9.17) is 4.74 Å². The van der Waals surface area contributed by atoms with Gasteiger partial charge < -0.3 is 14.6 Å². The van der Waals surface area contributed by atoms with Crippen molar-refractivity contribution in [1.82, 2.24) is 9.88 Å². The van der Waals surface area contributed by atoms with E-state index in [0.29, 0.717) is 11.3 Å². The van der Waals surface area contributed by atoms with E-state index >= 15 is 0 Å². The van der Waals surface area contributed by atoms with Crippen LogP contribution in [0.2, 0.25) is 0 Å². The van der Waals surface area contributed by atoms with Gasteiger partial charge in [-0.2, -0.15) is 5.26 Å². The first-order valence-electron chi connectivity index (χ1n) is 9.89. The molecule has 1 fully saturated rings. The molecule has 0 aliphatic carbocycles. The third-order valence-corrected chi connectivity index (χ3v) is 5.61. The van der Waals surface area contributed by atoms with Gasteiger partial charge in [-0.05, 0) is 54.6 Å². The molecule has 0 amide bonds. The molecular weight excluding hydrogens is 348 g/mol. The van der Waals surface area contributed by atoms with E-state index < -0.39 is 0 Å². The van der Waals surface area contributed by atoms with E-state index in [0.717, 1.165) is 51.3 Å². The van der Waals surface area contributed by atoms with Crippen molar-refractivity contribution in [3.8, 4) is 11.8 Å². The zero-order valence-corrected chi connectivity index (χ0v) is 16.3. The third kappa shape index (κ3) is 3.83. The molecule has 1 saturated heterocycles. The van der Waals surface area contributed by atoms with Gasteiger partial charge >= 0.3 is 0 Å². The quantitative estimate of drug-likeness (QED) is 0.713. The molecule has 0 saturated carbocycles. The first-order valence-corrected chi connectivity index (χ1v) is 9.89. The van der Waals surface area contributed by atoms with Crippen molar-refractivity contribution in [1.29, 1.82) is 5.26 Å². The van der Waals surface area contributed by atoms with E-state index in [-0.39, 0.29) is 0 Å². The number of fused-ring (bicyclic) bond motifs is 1. The molecular formula is C23H26N4O. The van der Waals surface area contributed by atoms with Crippen LogP contribution in [0.1, 0.15) is 17.5 Å². The van der Waals surface area contributed by atoms with Crippen molar-refractivity contribution in [3.05, 3.63) is 59.8 Å². The summed E-state index contributed by atoms with van der Waals surface area (Å²) >= 11 is 0. The molecule has 0 atom stereocenters. The van der Waals surface area contributed by atoms with Crippen molar-refractivity contribution >= 4 is 16.6 Å². The SMILES string of the molecule is COc1cccc(N2CCN(CCCc3ccc4cc[nH]c4c3)CC2)c1C#N. The molecule has 4 rings (SSSR count). The molecule has 1 aliphatic heterocycles. The van der Waals surface area contributed by atoms with Crippen LogP contribution < -0.4 is 9.64 Å². The van der Waals surface area contributed by atoms with Crippen molar-refractivity contribution in [2.24, 2.45) is 0 Å². The summed E-state index contributed by atoms with van der Waals surface area (Å²) in [5.41, 5.74) is 4.24. The van der Waals surface area contributed by atoms with Crippen LogP contribution >= 0.6 is 0 Å². The molecule has 2 heterocycles. The molecule has 1 aromatic heterocycles. The fourth-order valence-electron chi connectivity index (χ4n) is 4.04. The van der Waals surface area contributed by atoms with Crippen LogP contribution in [0.3, 0.4) is 0 Å². The molecule has 144 valence electrons. The number of rotatable bonds is 6. The highest BCUT2D eigenvalue weighted by Crippen LogP contribution is 2.29. The first kappa shape index (κ1) is 18.4. The Labute approximate surface area is 166 Å². The summed E-state index contributed by atoms with van der Waals surface area (Å²) in [6.45, 7) is 5.04. The van der Waals surface area contributed by atoms with Gasteiger partial charge in [0, 0.05) is 37.9 Å². The minimum absolute atomic E-state index is 0.637. The number of nitriles is 1. The molecule has 5 heteroatoms. The number of piperazine rings is 1. The summed E-state index contributed by atoms with van der Waals surface area (Å²) < 4.78 is 5.34. The van der Waals surface area contributed by atoms with Crippen LogP contribution in [0.15, 0.2) is 48.7 Å². The average Bonchev–Trinajstić information content (AvgIpc) is 3.21. The fourth-order valence-corrected chi connectivity index (χ4v) is 4.04. The van der Waals surface area contributed by atoms with E-state index in [1.54, 1.807) is 7.11 Å². The number of hydrogen-bond donors (Lipinski definition) is 1. The molecule has 1 N–H and O–H groups in total. The number of aromatic amines is 1. The van der Waals surface area contributed by atoms with Crippen molar-refractivity contribution in [2.45, 2.75) is 12.8 Å². The van der Waals surface area contributed by atoms with E-state index in [1.165, 1.54) is 16.5 Å². The highest BCUT2D eigenvalue weighted by atomic mass is 16.5. The zero-order chi connectivity index (χ0) is 19.3. The van der Waals surface area contributed by atoms with Crippen LogP contribution in [0.5, 0.6) is 5.75 Å². The van der Waals surface area contributed by atoms with Gasteiger partial charge in [0.2, 0.25) is 0 Å². The van der Waals surface area contributed by atoms with E-state index in [2.05, 4.69) is 45.1 Å². The number of methoxy groups -OCH3 is 1. The maximum atomic E-state index is 9.52. The second kappa shape index (κ2) is 8.37.